The molecule has 0 saturated heterocycles. The van der Waals surface area contributed by atoms with Crippen LogP contribution in [0.25, 0.3) is 0 Å². The van der Waals surface area contributed by atoms with Gasteiger partial charge in [0, 0.05) is 23.9 Å². The van der Waals surface area contributed by atoms with Crippen molar-refractivity contribution in [3.8, 4) is 0 Å². The van der Waals surface area contributed by atoms with Gasteiger partial charge < -0.3 is 10.2 Å². The molecule has 0 aromatic heterocycles. The van der Waals surface area contributed by atoms with E-state index in [0.29, 0.717) is 6.42 Å². The molecule has 3 heteroatoms. The molecule has 0 atom stereocenters. The molecular formula is C4H10O2Sn. The van der Waals surface area contributed by atoms with Crippen LogP contribution < -0.4 is 0 Å². The standard InChI is InChI=1S/C4H10O2.Sn/c1-2-3-4(5)6;/h4-6H,2-3H2,1H3;. The maximum absolute atomic E-state index is 8.11. The smallest absolute Gasteiger partial charge is 0.151 e. The van der Waals surface area contributed by atoms with E-state index >= 15 is 0 Å². The normalized spacial score (nSPS) is 8.57. The Labute approximate surface area is 60.5 Å². The van der Waals surface area contributed by atoms with Crippen LogP contribution >= 0.6 is 0 Å². The SMILES string of the molecule is CCCC(O)O.[Sn]. The zero-order valence-corrected chi connectivity index (χ0v) is 7.24. The Bertz CT molecular complexity index is 30.9. The Morgan fingerprint density at radius 2 is 1.86 bits per heavy atom. The second-order valence-electron chi connectivity index (χ2n) is 1.27. The maximum Gasteiger partial charge on any atom is 0.151 e. The fourth-order valence-corrected chi connectivity index (χ4v) is 0.258. The zero-order valence-electron chi connectivity index (χ0n) is 4.39. The van der Waals surface area contributed by atoms with Crippen LogP contribution in [0.2, 0.25) is 0 Å². The van der Waals surface area contributed by atoms with E-state index in [2.05, 4.69) is 0 Å². The van der Waals surface area contributed by atoms with Crippen molar-refractivity contribution in [3.05, 3.63) is 0 Å². The molecule has 0 aromatic carbocycles. The van der Waals surface area contributed by atoms with Crippen LogP contribution in [-0.2, 0) is 0 Å². The molecule has 0 rings (SSSR count). The molecule has 0 aliphatic rings. The first-order valence-corrected chi connectivity index (χ1v) is 2.13. The maximum atomic E-state index is 8.11. The molecule has 0 fully saturated rings. The molecule has 0 aromatic rings. The van der Waals surface area contributed by atoms with Crippen LogP contribution in [0.4, 0.5) is 0 Å². The number of hydrogen-bond donors (Lipinski definition) is 2. The summed E-state index contributed by atoms with van der Waals surface area (Å²) < 4.78 is 0. The van der Waals surface area contributed by atoms with E-state index in [9.17, 15) is 0 Å². The topological polar surface area (TPSA) is 40.5 Å². The first-order chi connectivity index (χ1) is 2.77. The molecule has 0 saturated carbocycles. The second kappa shape index (κ2) is 6.72. The summed E-state index contributed by atoms with van der Waals surface area (Å²) in [5.74, 6) is 0. The van der Waals surface area contributed by atoms with E-state index in [1.165, 1.54) is 0 Å². The van der Waals surface area contributed by atoms with Crippen molar-refractivity contribution < 1.29 is 10.2 Å². The van der Waals surface area contributed by atoms with Crippen molar-refractivity contribution in [2.24, 2.45) is 0 Å². The minimum absolute atomic E-state index is 0. The van der Waals surface area contributed by atoms with Gasteiger partial charge in [0.15, 0.2) is 6.29 Å². The number of rotatable bonds is 2. The minimum Gasteiger partial charge on any atom is -0.368 e. The fourth-order valence-electron chi connectivity index (χ4n) is 0.258. The van der Waals surface area contributed by atoms with Crippen LogP contribution in [0.15, 0.2) is 0 Å². The fraction of sp³-hybridized carbons (Fsp3) is 1.00. The predicted octanol–water partition coefficient (Wildman–Crippen LogP) is -0.284. The molecule has 0 heterocycles. The number of aliphatic hydroxyl groups excluding tert-OH is 1. The van der Waals surface area contributed by atoms with Crippen molar-refractivity contribution in [2.45, 2.75) is 26.1 Å². The van der Waals surface area contributed by atoms with Gasteiger partial charge in [0.25, 0.3) is 0 Å². The third kappa shape index (κ3) is 10.8. The molecule has 7 heavy (non-hydrogen) atoms. The Morgan fingerprint density at radius 3 is 1.86 bits per heavy atom. The first kappa shape index (κ1) is 10.7. The van der Waals surface area contributed by atoms with Crippen molar-refractivity contribution in [3.63, 3.8) is 0 Å². The Morgan fingerprint density at radius 1 is 1.43 bits per heavy atom. The van der Waals surface area contributed by atoms with Crippen LogP contribution in [0.1, 0.15) is 19.8 Å². The van der Waals surface area contributed by atoms with Gasteiger partial charge in [-0.1, -0.05) is 13.3 Å². The van der Waals surface area contributed by atoms with E-state index in [1.54, 1.807) is 0 Å². The van der Waals surface area contributed by atoms with Gasteiger partial charge in [0.05, 0.1) is 0 Å². The van der Waals surface area contributed by atoms with Gasteiger partial charge in [-0.15, -0.1) is 0 Å². The number of hydrogen-bond acceptors (Lipinski definition) is 2. The summed E-state index contributed by atoms with van der Waals surface area (Å²) in [6.07, 6.45) is 0.215. The molecule has 0 bridgehead atoms. The van der Waals surface area contributed by atoms with Gasteiger partial charge in [-0.2, -0.15) is 0 Å². The molecule has 0 spiro atoms. The molecule has 0 aliphatic heterocycles. The Hall–Kier alpha value is 0.719. The van der Waals surface area contributed by atoms with Gasteiger partial charge in [-0.05, 0) is 6.42 Å². The van der Waals surface area contributed by atoms with Crippen LogP contribution in [0.5, 0.6) is 0 Å². The third-order valence-electron chi connectivity index (χ3n) is 0.547. The Balaban J connectivity index is 0. The third-order valence-corrected chi connectivity index (χ3v) is 0.547. The van der Waals surface area contributed by atoms with Crippen molar-refractivity contribution >= 4 is 23.9 Å². The second-order valence-corrected chi connectivity index (χ2v) is 1.27. The number of aliphatic hydroxyl groups is 2. The summed E-state index contributed by atoms with van der Waals surface area (Å²) in [6, 6.07) is 0. The molecule has 42 valence electrons. The molecular weight excluding hydrogens is 199 g/mol. The molecule has 2 N–H and O–H groups in total. The van der Waals surface area contributed by atoms with Crippen molar-refractivity contribution in [2.75, 3.05) is 0 Å². The van der Waals surface area contributed by atoms with Crippen LogP contribution in [0.3, 0.4) is 0 Å². The van der Waals surface area contributed by atoms with Gasteiger partial charge in [0.1, 0.15) is 0 Å². The molecule has 0 amide bonds. The van der Waals surface area contributed by atoms with Crippen molar-refractivity contribution in [1.29, 1.82) is 0 Å². The van der Waals surface area contributed by atoms with Gasteiger partial charge in [0.2, 0.25) is 0 Å². The average molecular weight is 209 g/mol. The van der Waals surface area contributed by atoms with E-state index in [4.69, 9.17) is 10.2 Å². The van der Waals surface area contributed by atoms with Gasteiger partial charge >= 0.3 is 0 Å². The molecule has 0 aliphatic carbocycles. The van der Waals surface area contributed by atoms with Crippen LogP contribution in [0, 0.1) is 0 Å². The predicted molar refractivity (Wildman–Crippen MR) is 28.9 cm³/mol. The summed E-state index contributed by atoms with van der Waals surface area (Å²) in [5.41, 5.74) is 0. The summed E-state index contributed by atoms with van der Waals surface area (Å²) in [4.78, 5) is 0. The average Bonchev–Trinajstić information content (AvgIpc) is 1.35. The van der Waals surface area contributed by atoms with Gasteiger partial charge in [-0.3, -0.25) is 0 Å². The largest absolute Gasteiger partial charge is 0.368 e. The molecule has 2 nitrogen and oxygen atoms in total. The van der Waals surface area contributed by atoms with Crippen molar-refractivity contribution in [1.82, 2.24) is 0 Å². The summed E-state index contributed by atoms with van der Waals surface area (Å²) >= 11 is 0. The first-order valence-electron chi connectivity index (χ1n) is 2.13. The Kier molecular flexibility index (Phi) is 10.2. The summed E-state index contributed by atoms with van der Waals surface area (Å²) in [7, 11) is 0. The van der Waals surface area contributed by atoms with Gasteiger partial charge in [-0.25, -0.2) is 0 Å². The summed E-state index contributed by atoms with van der Waals surface area (Å²) in [6.45, 7) is 1.90. The van der Waals surface area contributed by atoms with E-state index < -0.39 is 6.29 Å². The quantitative estimate of drug-likeness (QED) is 0.484. The minimum atomic E-state index is -1.10. The molecule has 4 radical (unpaired) electrons. The van der Waals surface area contributed by atoms with E-state index in [0.717, 1.165) is 6.42 Å². The zero-order chi connectivity index (χ0) is 4.99. The monoisotopic (exact) mass is 210 g/mol. The van der Waals surface area contributed by atoms with E-state index in [-0.39, 0.29) is 23.9 Å². The van der Waals surface area contributed by atoms with E-state index in [1.807, 2.05) is 6.92 Å². The van der Waals surface area contributed by atoms with Crippen LogP contribution in [-0.4, -0.2) is 40.4 Å². The molecule has 0 unspecified atom stereocenters. The summed E-state index contributed by atoms with van der Waals surface area (Å²) in [5, 5.41) is 16.2.